The van der Waals surface area contributed by atoms with Gasteiger partial charge >= 0.3 is 6.18 Å². The third-order valence-electron chi connectivity index (χ3n) is 5.22. The molecule has 0 unspecified atom stereocenters. The van der Waals surface area contributed by atoms with Crippen LogP contribution in [-0.4, -0.2) is 66.0 Å². The highest BCUT2D eigenvalue weighted by Crippen LogP contribution is 2.35. The molecule has 0 radical (unpaired) electrons. The molecule has 0 aliphatic carbocycles. The molecule has 3 N–H and O–H groups in total. The molecule has 4 rings (SSSR count). The van der Waals surface area contributed by atoms with Gasteiger partial charge in [-0.05, 0) is 14.0 Å². The zero-order chi connectivity index (χ0) is 24.1. The number of aliphatic hydroxyl groups excluding tert-OH is 2. The Morgan fingerprint density at radius 3 is 2.52 bits per heavy atom. The van der Waals surface area contributed by atoms with Crippen molar-refractivity contribution in [3.63, 3.8) is 0 Å². The Morgan fingerprint density at radius 1 is 1.21 bits per heavy atom. The van der Waals surface area contributed by atoms with E-state index in [1.165, 1.54) is 27.7 Å². The summed E-state index contributed by atoms with van der Waals surface area (Å²) in [5, 5.41) is 25.1. The van der Waals surface area contributed by atoms with E-state index >= 15 is 0 Å². The van der Waals surface area contributed by atoms with Gasteiger partial charge in [-0.2, -0.15) is 13.2 Å². The average molecular weight is 484 g/mol. The van der Waals surface area contributed by atoms with Crippen molar-refractivity contribution in [1.82, 2.24) is 29.4 Å². The number of carbonyl (C=O) groups excluding carboxylic acids is 1. The minimum Gasteiger partial charge on any atom is -0.372 e. The zero-order valence-corrected chi connectivity index (χ0v) is 18.3. The van der Waals surface area contributed by atoms with Crippen LogP contribution in [0.3, 0.4) is 0 Å². The number of nitrogens with zero attached hydrogens (tertiary/aromatic N) is 7. The van der Waals surface area contributed by atoms with Crippen LogP contribution in [0, 0.1) is 0 Å². The summed E-state index contributed by atoms with van der Waals surface area (Å²) < 4.78 is 39.4. The van der Waals surface area contributed by atoms with Crippen molar-refractivity contribution in [3.05, 3.63) is 35.6 Å². The molecular formula is C18H19F3N8O3S. The summed E-state index contributed by atoms with van der Waals surface area (Å²) >= 11 is 1.08. The first kappa shape index (κ1) is 23.0. The quantitative estimate of drug-likeness (QED) is 0.506. The summed E-state index contributed by atoms with van der Waals surface area (Å²) in [6, 6.07) is -0.797. The predicted molar refractivity (Wildman–Crippen MR) is 111 cm³/mol. The van der Waals surface area contributed by atoms with Gasteiger partial charge in [-0.3, -0.25) is 4.79 Å². The van der Waals surface area contributed by atoms with E-state index in [1.807, 2.05) is 0 Å². The molecule has 4 heterocycles. The summed E-state index contributed by atoms with van der Waals surface area (Å²) in [6.07, 6.45) is -3.48. The second-order valence-corrected chi connectivity index (χ2v) is 8.21. The molecule has 3 atom stereocenters. The van der Waals surface area contributed by atoms with Crippen LogP contribution in [0.2, 0.25) is 0 Å². The Labute approximate surface area is 189 Å². The third kappa shape index (κ3) is 4.15. The summed E-state index contributed by atoms with van der Waals surface area (Å²) in [6.45, 7) is 1.60. The lowest BCUT2D eigenvalue weighted by Crippen LogP contribution is -2.51. The smallest absolute Gasteiger partial charge is 0.372 e. The van der Waals surface area contributed by atoms with Crippen LogP contribution in [-0.2, 0) is 11.0 Å². The first-order valence-electron chi connectivity index (χ1n) is 9.52. The fourth-order valence-electron chi connectivity index (χ4n) is 3.30. The second kappa shape index (κ2) is 8.33. The number of aromatic nitrogens is 5. The van der Waals surface area contributed by atoms with Gasteiger partial charge in [-0.1, -0.05) is 0 Å². The van der Waals surface area contributed by atoms with Gasteiger partial charge in [0.2, 0.25) is 11.7 Å². The zero-order valence-electron chi connectivity index (χ0n) is 17.5. The number of thiazole rings is 1. The number of hydrogen-bond acceptors (Lipinski definition) is 10. The molecule has 15 heteroatoms. The van der Waals surface area contributed by atoms with Crippen molar-refractivity contribution < 1.29 is 28.2 Å². The Kier molecular flexibility index (Phi) is 5.81. The number of carbonyl (C=O) groups is 1. The Bertz CT molecular complexity index is 1170. The lowest BCUT2D eigenvalue weighted by molar-refractivity contribution is -0.145. The van der Waals surface area contributed by atoms with Crippen LogP contribution >= 0.6 is 11.3 Å². The number of rotatable bonds is 4. The van der Waals surface area contributed by atoms with Crippen molar-refractivity contribution in [3.8, 4) is 11.3 Å². The van der Waals surface area contributed by atoms with E-state index in [-0.39, 0.29) is 10.7 Å². The highest BCUT2D eigenvalue weighted by molar-refractivity contribution is 7.14. The highest BCUT2D eigenvalue weighted by atomic mass is 32.1. The SMILES string of the molecule is C[C@@H](C(=O)Nc1nc(-c2cnc(C(F)(F)F)nc2)cs1)n1cnc2c1[C@H](O)N(C)[C@@H](O)N2C. The maximum atomic E-state index is 12.8. The van der Waals surface area contributed by atoms with Crippen molar-refractivity contribution in [1.29, 1.82) is 0 Å². The first-order valence-corrected chi connectivity index (χ1v) is 10.4. The van der Waals surface area contributed by atoms with Crippen LogP contribution in [0.25, 0.3) is 11.3 Å². The maximum Gasteiger partial charge on any atom is 0.451 e. The Balaban J connectivity index is 1.50. The summed E-state index contributed by atoms with van der Waals surface area (Å²) in [5.41, 5.74) is 0.920. The number of imidazole rings is 1. The van der Waals surface area contributed by atoms with Crippen LogP contribution in [0.15, 0.2) is 24.1 Å². The molecule has 3 aromatic rings. The fraction of sp³-hybridized carbons (Fsp3) is 0.389. The third-order valence-corrected chi connectivity index (χ3v) is 5.98. The lowest BCUT2D eigenvalue weighted by Gasteiger charge is -2.40. The second-order valence-electron chi connectivity index (χ2n) is 7.35. The average Bonchev–Trinajstić information content (AvgIpc) is 3.42. The van der Waals surface area contributed by atoms with Crippen molar-refractivity contribution in [2.45, 2.75) is 31.7 Å². The van der Waals surface area contributed by atoms with E-state index < -0.39 is 36.5 Å². The Hall–Kier alpha value is -3.14. The molecule has 0 fully saturated rings. The van der Waals surface area contributed by atoms with E-state index in [0.29, 0.717) is 17.2 Å². The van der Waals surface area contributed by atoms with Gasteiger partial charge in [-0.25, -0.2) is 24.8 Å². The van der Waals surface area contributed by atoms with Gasteiger partial charge < -0.3 is 25.0 Å². The molecule has 0 aromatic carbocycles. The number of amides is 1. The number of fused-ring (bicyclic) bond motifs is 1. The van der Waals surface area contributed by atoms with Gasteiger partial charge in [0.1, 0.15) is 11.7 Å². The lowest BCUT2D eigenvalue weighted by atomic mass is 10.2. The van der Waals surface area contributed by atoms with E-state index in [4.69, 9.17) is 0 Å². The monoisotopic (exact) mass is 484 g/mol. The molecule has 0 saturated heterocycles. The molecule has 3 aromatic heterocycles. The number of aliphatic hydroxyl groups is 2. The number of nitrogens with one attached hydrogen (secondary N) is 1. The number of alkyl halides is 3. The normalized spacial score (nSPS) is 19.9. The Morgan fingerprint density at radius 2 is 1.88 bits per heavy atom. The molecule has 1 aliphatic rings. The molecule has 0 spiro atoms. The van der Waals surface area contributed by atoms with Crippen molar-refractivity contribution >= 4 is 28.2 Å². The minimum absolute atomic E-state index is 0.223. The van der Waals surface area contributed by atoms with Crippen LogP contribution in [0.5, 0.6) is 0 Å². The van der Waals surface area contributed by atoms with Gasteiger partial charge in [-0.15, -0.1) is 11.3 Å². The molecular weight excluding hydrogens is 465 g/mol. The standard InChI is InChI=1S/C18H19F3N8O3S/c1-8(29-7-24-12-11(29)14(31)28(3)17(32)27(12)2)13(30)26-16-25-10(6-33-16)9-4-22-15(23-5-9)18(19,20)21/h4-8,14,17,31-32H,1-3H3,(H,25,26,30)/t8-,14-,17-/m0/s1. The van der Waals surface area contributed by atoms with Gasteiger partial charge in [0.15, 0.2) is 23.5 Å². The van der Waals surface area contributed by atoms with Crippen LogP contribution < -0.4 is 10.2 Å². The van der Waals surface area contributed by atoms with Crippen molar-refractivity contribution in [2.24, 2.45) is 0 Å². The number of anilines is 2. The van der Waals surface area contributed by atoms with Gasteiger partial charge in [0.05, 0.1) is 12.0 Å². The summed E-state index contributed by atoms with van der Waals surface area (Å²) in [4.78, 5) is 30.6. The number of halogens is 3. The van der Waals surface area contributed by atoms with Crippen LogP contribution in [0.1, 0.15) is 30.7 Å². The fourth-order valence-corrected chi connectivity index (χ4v) is 4.02. The summed E-state index contributed by atoms with van der Waals surface area (Å²) in [5.74, 6) is -1.37. The number of hydrogen-bond donors (Lipinski definition) is 3. The maximum absolute atomic E-state index is 12.8. The highest BCUT2D eigenvalue weighted by Gasteiger charge is 2.38. The molecule has 1 aliphatic heterocycles. The predicted octanol–water partition coefficient (Wildman–Crippen LogP) is 1.66. The molecule has 176 valence electrons. The van der Waals surface area contributed by atoms with E-state index in [9.17, 15) is 28.2 Å². The molecule has 33 heavy (non-hydrogen) atoms. The largest absolute Gasteiger partial charge is 0.451 e. The first-order chi connectivity index (χ1) is 15.5. The molecule has 1 amide bonds. The molecule has 11 nitrogen and oxygen atoms in total. The van der Waals surface area contributed by atoms with E-state index in [2.05, 4.69) is 25.3 Å². The van der Waals surface area contributed by atoms with Crippen LogP contribution in [0.4, 0.5) is 24.1 Å². The van der Waals surface area contributed by atoms with E-state index in [0.717, 1.165) is 23.7 Å². The van der Waals surface area contributed by atoms with Gasteiger partial charge in [0.25, 0.3) is 0 Å². The molecule has 0 saturated carbocycles. The van der Waals surface area contributed by atoms with E-state index in [1.54, 1.807) is 19.4 Å². The molecule has 0 bridgehead atoms. The summed E-state index contributed by atoms with van der Waals surface area (Å²) in [7, 11) is 3.13. The topological polar surface area (TPSA) is 133 Å². The minimum atomic E-state index is -4.64. The van der Waals surface area contributed by atoms with Crippen molar-refractivity contribution in [2.75, 3.05) is 24.3 Å². The van der Waals surface area contributed by atoms with Gasteiger partial charge in [0, 0.05) is 30.4 Å².